The van der Waals surface area contributed by atoms with Crippen molar-refractivity contribution in [2.24, 2.45) is 0 Å². The van der Waals surface area contributed by atoms with E-state index in [-0.39, 0.29) is 5.97 Å². The number of phenols is 1. The molecule has 3 aromatic rings. The van der Waals surface area contributed by atoms with E-state index >= 15 is 0 Å². The van der Waals surface area contributed by atoms with E-state index < -0.39 is 0 Å². The second-order valence-corrected chi connectivity index (χ2v) is 7.62. The second kappa shape index (κ2) is 7.63. The highest BCUT2D eigenvalue weighted by atomic mass is 32.1. The molecule has 1 aromatic carbocycles. The van der Waals surface area contributed by atoms with Crippen LogP contribution in [0.25, 0.3) is 10.2 Å². The minimum atomic E-state index is -0.307. The smallest absolute Gasteiger partial charge is 0.348 e. The van der Waals surface area contributed by atoms with Crippen LogP contribution in [-0.2, 0) is 4.74 Å². The van der Waals surface area contributed by atoms with E-state index in [1.807, 2.05) is 25.1 Å². The lowest BCUT2D eigenvalue weighted by Gasteiger charge is -2.37. The molecular formula is C20H22N4O3S. The van der Waals surface area contributed by atoms with Crippen LogP contribution in [0.4, 0.5) is 11.5 Å². The van der Waals surface area contributed by atoms with Gasteiger partial charge in [0.15, 0.2) is 0 Å². The fraction of sp³-hybridized carbons (Fsp3) is 0.350. The number of carbonyl (C=O) groups is 1. The number of benzene rings is 1. The highest BCUT2D eigenvalue weighted by Gasteiger charge is 2.25. The number of aromatic hydroxyl groups is 1. The number of rotatable bonds is 4. The van der Waals surface area contributed by atoms with Gasteiger partial charge in [-0.3, -0.25) is 0 Å². The van der Waals surface area contributed by atoms with Crippen LogP contribution in [0.2, 0.25) is 0 Å². The van der Waals surface area contributed by atoms with Crippen molar-refractivity contribution in [3.63, 3.8) is 0 Å². The molecule has 0 amide bonds. The van der Waals surface area contributed by atoms with Crippen LogP contribution in [0.1, 0.15) is 22.2 Å². The van der Waals surface area contributed by atoms with Gasteiger partial charge in [0.2, 0.25) is 0 Å². The number of ether oxygens (including phenoxy) is 1. The Labute approximate surface area is 167 Å². The minimum Gasteiger partial charge on any atom is -0.506 e. The monoisotopic (exact) mass is 398 g/mol. The average Bonchev–Trinajstić information content (AvgIpc) is 3.06. The quantitative estimate of drug-likeness (QED) is 0.676. The summed E-state index contributed by atoms with van der Waals surface area (Å²) in [4.78, 5) is 26.9. The standard InChI is InChI=1S/C20H22N4O3S/c1-3-27-20(26)17-13(2)16-18(21-12-22-19(16)28-17)24-10-8-23(9-11-24)14-6-4-5-7-15(14)25/h4-7,12,25H,3,8-11H2,1-2H3. The summed E-state index contributed by atoms with van der Waals surface area (Å²) in [6, 6.07) is 7.40. The molecule has 0 unspecified atom stereocenters. The zero-order chi connectivity index (χ0) is 19.7. The van der Waals surface area contributed by atoms with E-state index in [4.69, 9.17) is 4.74 Å². The zero-order valence-corrected chi connectivity index (χ0v) is 16.7. The molecule has 1 aliphatic rings. The molecule has 3 heterocycles. The molecule has 1 aliphatic heterocycles. The number of hydrogen-bond acceptors (Lipinski definition) is 8. The van der Waals surface area contributed by atoms with Gasteiger partial charge >= 0.3 is 5.97 Å². The highest BCUT2D eigenvalue weighted by Crippen LogP contribution is 2.36. The summed E-state index contributed by atoms with van der Waals surface area (Å²) in [5.74, 6) is 0.845. The van der Waals surface area contributed by atoms with Crippen LogP contribution < -0.4 is 9.80 Å². The lowest BCUT2D eigenvalue weighted by Crippen LogP contribution is -2.47. The Morgan fingerprint density at radius 2 is 1.89 bits per heavy atom. The molecule has 2 aromatic heterocycles. The van der Waals surface area contributed by atoms with Crippen LogP contribution >= 0.6 is 11.3 Å². The Balaban J connectivity index is 1.60. The molecule has 28 heavy (non-hydrogen) atoms. The van der Waals surface area contributed by atoms with Gasteiger partial charge in [-0.15, -0.1) is 11.3 Å². The number of thiophene rings is 1. The van der Waals surface area contributed by atoms with Gasteiger partial charge < -0.3 is 19.6 Å². The van der Waals surface area contributed by atoms with Crippen molar-refractivity contribution < 1.29 is 14.6 Å². The predicted molar refractivity (Wildman–Crippen MR) is 111 cm³/mol. The van der Waals surface area contributed by atoms with E-state index in [1.165, 1.54) is 11.3 Å². The van der Waals surface area contributed by atoms with Crippen molar-refractivity contribution >= 4 is 39.0 Å². The van der Waals surface area contributed by atoms with Gasteiger partial charge in [0.1, 0.15) is 27.6 Å². The number of anilines is 2. The van der Waals surface area contributed by atoms with Gasteiger partial charge in [0.25, 0.3) is 0 Å². The van der Waals surface area contributed by atoms with Gasteiger partial charge in [0, 0.05) is 26.2 Å². The number of aryl methyl sites for hydroxylation is 1. The Morgan fingerprint density at radius 3 is 2.61 bits per heavy atom. The molecule has 1 fully saturated rings. The van der Waals surface area contributed by atoms with Crippen molar-refractivity contribution in [1.29, 1.82) is 0 Å². The number of para-hydroxylation sites is 2. The molecule has 7 nitrogen and oxygen atoms in total. The first-order valence-electron chi connectivity index (χ1n) is 9.29. The third-order valence-corrected chi connectivity index (χ3v) is 6.15. The number of carbonyl (C=O) groups excluding carboxylic acids is 1. The zero-order valence-electron chi connectivity index (χ0n) is 15.9. The topological polar surface area (TPSA) is 78.8 Å². The Morgan fingerprint density at radius 1 is 1.18 bits per heavy atom. The molecule has 1 saturated heterocycles. The van der Waals surface area contributed by atoms with Crippen LogP contribution in [0.5, 0.6) is 5.75 Å². The summed E-state index contributed by atoms with van der Waals surface area (Å²) in [6.45, 7) is 7.16. The summed E-state index contributed by atoms with van der Waals surface area (Å²) in [5, 5.41) is 11.0. The molecule has 4 rings (SSSR count). The molecule has 8 heteroatoms. The van der Waals surface area contributed by atoms with E-state index in [0.29, 0.717) is 17.2 Å². The van der Waals surface area contributed by atoms with E-state index in [9.17, 15) is 9.90 Å². The Kier molecular flexibility index (Phi) is 5.04. The fourth-order valence-corrected chi connectivity index (χ4v) is 4.61. The number of piperazine rings is 1. The average molecular weight is 398 g/mol. The molecule has 1 N–H and O–H groups in total. The molecule has 0 atom stereocenters. The van der Waals surface area contributed by atoms with Gasteiger partial charge in [0.05, 0.1) is 17.7 Å². The first-order chi connectivity index (χ1) is 13.6. The van der Waals surface area contributed by atoms with E-state index in [2.05, 4.69) is 19.8 Å². The number of aromatic nitrogens is 2. The molecule has 0 aliphatic carbocycles. The number of esters is 1. The molecule has 0 spiro atoms. The van der Waals surface area contributed by atoms with Crippen molar-refractivity contribution in [2.45, 2.75) is 13.8 Å². The van der Waals surface area contributed by atoms with Crippen molar-refractivity contribution in [2.75, 3.05) is 42.6 Å². The molecule has 146 valence electrons. The predicted octanol–water partition coefficient (Wildman–Crippen LogP) is 3.21. The number of hydrogen-bond donors (Lipinski definition) is 1. The first-order valence-corrected chi connectivity index (χ1v) is 10.1. The lowest BCUT2D eigenvalue weighted by atomic mass is 10.1. The minimum absolute atomic E-state index is 0.299. The maximum absolute atomic E-state index is 12.3. The summed E-state index contributed by atoms with van der Waals surface area (Å²) in [5.41, 5.74) is 1.73. The summed E-state index contributed by atoms with van der Waals surface area (Å²) in [6.07, 6.45) is 1.55. The SMILES string of the molecule is CCOC(=O)c1sc2ncnc(N3CCN(c4ccccc4O)CC3)c2c1C. The number of phenolic OH excluding ortho intramolecular Hbond substituents is 1. The van der Waals surface area contributed by atoms with Crippen molar-refractivity contribution in [3.8, 4) is 5.75 Å². The fourth-order valence-electron chi connectivity index (χ4n) is 3.57. The first kappa shape index (κ1) is 18.5. The number of nitrogens with zero attached hydrogens (tertiary/aromatic N) is 4. The van der Waals surface area contributed by atoms with Gasteiger partial charge in [-0.05, 0) is 31.5 Å². The molecule has 0 radical (unpaired) electrons. The maximum atomic E-state index is 12.3. The van der Waals surface area contributed by atoms with Crippen molar-refractivity contribution in [1.82, 2.24) is 9.97 Å². The number of fused-ring (bicyclic) bond motifs is 1. The van der Waals surface area contributed by atoms with Crippen LogP contribution in [0, 0.1) is 6.92 Å². The maximum Gasteiger partial charge on any atom is 0.348 e. The normalized spacial score (nSPS) is 14.5. The van der Waals surface area contributed by atoms with Crippen LogP contribution in [0.15, 0.2) is 30.6 Å². The summed E-state index contributed by atoms with van der Waals surface area (Å²) >= 11 is 1.35. The third-order valence-electron chi connectivity index (χ3n) is 4.97. The van der Waals surface area contributed by atoms with Crippen LogP contribution in [-0.4, -0.2) is 53.8 Å². The Bertz CT molecular complexity index is 1010. The second-order valence-electron chi connectivity index (χ2n) is 6.62. The van der Waals surface area contributed by atoms with E-state index in [1.54, 1.807) is 19.3 Å². The van der Waals surface area contributed by atoms with Gasteiger partial charge in [-0.1, -0.05) is 12.1 Å². The van der Waals surface area contributed by atoms with E-state index in [0.717, 1.165) is 53.5 Å². The molecular weight excluding hydrogens is 376 g/mol. The van der Waals surface area contributed by atoms with Crippen molar-refractivity contribution in [3.05, 3.63) is 41.0 Å². The molecule has 0 bridgehead atoms. The lowest BCUT2D eigenvalue weighted by molar-refractivity contribution is 0.0531. The van der Waals surface area contributed by atoms with Crippen LogP contribution in [0.3, 0.4) is 0 Å². The third kappa shape index (κ3) is 3.24. The highest BCUT2D eigenvalue weighted by molar-refractivity contribution is 7.20. The summed E-state index contributed by atoms with van der Waals surface area (Å²) < 4.78 is 5.18. The van der Waals surface area contributed by atoms with Gasteiger partial charge in [-0.25, -0.2) is 14.8 Å². The summed E-state index contributed by atoms with van der Waals surface area (Å²) in [7, 11) is 0. The van der Waals surface area contributed by atoms with Gasteiger partial charge in [-0.2, -0.15) is 0 Å². The largest absolute Gasteiger partial charge is 0.506 e. The Hall–Kier alpha value is -2.87. The molecule has 0 saturated carbocycles.